The zero-order chi connectivity index (χ0) is 12.3. The van der Waals surface area contributed by atoms with E-state index in [4.69, 9.17) is 5.73 Å². The maximum atomic E-state index is 12.3. The van der Waals surface area contributed by atoms with Gasteiger partial charge in [-0.1, -0.05) is 12.1 Å². The number of halogens is 3. The Morgan fingerprint density at radius 3 is 2.56 bits per heavy atom. The van der Waals surface area contributed by atoms with Crippen molar-refractivity contribution >= 4 is 11.6 Å². The largest absolute Gasteiger partial charge is 0.407 e. The maximum Gasteiger partial charge on any atom is 0.407 e. The first-order chi connectivity index (χ1) is 7.30. The minimum atomic E-state index is -4.49. The van der Waals surface area contributed by atoms with Gasteiger partial charge in [-0.15, -0.1) is 0 Å². The van der Waals surface area contributed by atoms with Gasteiger partial charge in [-0.25, -0.2) is 0 Å². The van der Waals surface area contributed by atoms with Crippen LogP contribution in [0.4, 0.5) is 18.9 Å². The molecule has 16 heavy (non-hydrogen) atoms. The fraction of sp³-hybridized carbons (Fsp3) is 0.300. The van der Waals surface area contributed by atoms with Gasteiger partial charge in [-0.2, -0.15) is 13.2 Å². The quantitative estimate of drug-likeness (QED) is 0.821. The van der Waals surface area contributed by atoms with E-state index in [1.165, 1.54) is 31.2 Å². The zero-order valence-electron chi connectivity index (χ0n) is 8.51. The van der Waals surface area contributed by atoms with Crippen molar-refractivity contribution < 1.29 is 18.0 Å². The van der Waals surface area contributed by atoms with Crippen LogP contribution in [0.15, 0.2) is 24.3 Å². The third-order valence-electron chi connectivity index (χ3n) is 1.92. The summed E-state index contributed by atoms with van der Waals surface area (Å²) in [6.07, 6.45) is -4.49. The van der Waals surface area contributed by atoms with Crippen LogP contribution >= 0.6 is 0 Å². The first-order valence-electron chi connectivity index (χ1n) is 4.50. The van der Waals surface area contributed by atoms with Crippen LogP contribution in [0.1, 0.15) is 18.5 Å². The van der Waals surface area contributed by atoms with E-state index in [9.17, 15) is 18.0 Å². The molecule has 0 aliphatic rings. The highest BCUT2D eigenvalue weighted by atomic mass is 19.4. The fourth-order valence-electron chi connectivity index (χ4n) is 1.20. The van der Waals surface area contributed by atoms with Crippen LogP contribution in [0, 0.1) is 0 Å². The van der Waals surface area contributed by atoms with Gasteiger partial charge in [0.05, 0.1) is 0 Å². The average molecular weight is 232 g/mol. The van der Waals surface area contributed by atoms with E-state index in [2.05, 4.69) is 5.32 Å². The summed E-state index contributed by atoms with van der Waals surface area (Å²) in [6.45, 7) is 1.27. The number of carbonyl (C=O) groups excluding carboxylic acids is 1. The van der Waals surface area contributed by atoms with Gasteiger partial charge in [-0.05, 0) is 17.7 Å². The number of carbonyl (C=O) groups is 1. The lowest BCUT2D eigenvalue weighted by Gasteiger charge is -2.16. The van der Waals surface area contributed by atoms with Crippen molar-refractivity contribution in [3.63, 3.8) is 0 Å². The Labute approximate surface area is 90.4 Å². The Morgan fingerprint density at radius 1 is 1.44 bits per heavy atom. The van der Waals surface area contributed by atoms with Crippen LogP contribution in [-0.2, 0) is 4.79 Å². The Morgan fingerprint density at radius 2 is 2.06 bits per heavy atom. The van der Waals surface area contributed by atoms with Gasteiger partial charge in [0.25, 0.3) is 0 Å². The van der Waals surface area contributed by atoms with E-state index in [-0.39, 0.29) is 11.5 Å². The van der Waals surface area contributed by atoms with Crippen molar-refractivity contribution in [2.24, 2.45) is 5.73 Å². The number of anilines is 1. The van der Waals surface area contributed by atoms with Gasteiger partial charge in [0.1, 0.15) is 6.04 Å². The van der Waals surface area contributed by atoms with Gasteiger partial charge < -0.3 is 11.1 Å². The highest BCUT2D eigenvalue weighted by Gasteiger charge is 2.37. The molecule has 0 saturated carbocycles. The SMILES string of the molecule is CC(=O)Nc1cccc([C@@H](N)C(F)(F)F)c1. The topological polar surface area (TPSA) is 55.1 Å². The smallest absolute Gasteiger partial charge is 0.326 e. The van der Waals surface area contributed by atoms with Gasteiger partial charge in [0.2, 0.25) is 5.91 Å². The van der Waals surface area contributed by atoms with Crippen molar-refractivity contribution in [1.29, 1.82) is 0 Å². The molecule has 0 saturated heterocycles. The molecule has 1 amide bonds. The molecule has 0 radical (unpaired) electrons. The first-order valence-corrected chi connectivity index (χ1v) is 4.50. The molecule has 0 fully saturated rings. The standard InChI is InChI=1S/C10H11F3N2O/c1-6(16)15-8-4-2-3-7(5-8)9(14)10(11,12)13/h2-5,9H,14H2,1H3,(H,15,16)/t9-/m1/s1. The molecular formula is C10H11F3N2O. The molecule has 0 unspecified atom stereocenters. The first kappa shape index (κ1) is 12.5. The molecule has 1 aromatic carbocycles. The van der Waals surface area contributed by atoms with Crippen LogP contribution in [0.25, 0.3) is 0 Å². The number of benzene rings is 1. The predicted octanol–water partition coefficient (Wildman–Crippen LogP) is 2.21. The molecule has 3 nitrogen and oxygen atoms in total. The summed E-state index contributed by atoms with van der Waals surface area (Å²) in [5.74, 6) is -0.349. The second kappa shape index (κ2) is 4.52. The molecule has 0 aromatic heterocycles. The molecule has 0 aliphatic carbocycles. The van der Waals surface area contributed by atoms with E-state index in [1.54, 1.807) is 0 Å². The van der Waals surface area contributed by atoms with Crippen LogP contribution < -0.4 is 11.1 Å². The minimum Gasteiger partial charge on any atom is -0.326 e. The van der Waals surface area contributed by atoms with Gasteiger partial charge in [0.15, 0.2) is 0 Å². The summed E-state index contributed by atoms with van der Waals surface area (Å²) in [7, 11) is 0. The van der Waals surface area contributed by atoms with Gasteiger partial charge >= 0.3 is 6.18 Å². The number of amides is 1. The van der Waals surface area contributed by atoms with Crippen molar-refractivity contribution in [2.45, 2.75) is 19.1 Å². The molecule has 88 valence electrons. The molecule has 0 aliphatic heterocycles. The molecule has 0 spiro atoms. The third-order valence-corrected chi connectivity index (χ3v) is 1.92. The predicted molar refractivity (Wildman–Crippen MR) is 53.7 cm³/mol. The van der Waals surface area contributed by atoms with Crippen LogP contribution in [0.2, 0.25) is 0 Å². The summed E-state index contributed by atoms with van der Waals surface area (Å²) in [4.78, 5) is 10.7. The molecule has 0 bridgehead atoms. The molecule has 3 N–H and O–H groups in total. The number of hydrogen-bond acceptors (Lipinski definition) is 2. The lowest BCUT2D eigenvalue weighted by atomic mass is 10.1. The van der Waals surface area contributed by atoms with Crippen molar-refractivity contribution in [3.8, 4) is 0 Å². The minimum absolute atomic E-state index is 0.0845. The fourth-order valence-corrected chi connectivity index (χ4v) is 1.20. The normalized spacial score (nSPS) is 13.3. The third kappa shape index (κ3) is 3.23. The van der Waals surface area contributed by atoms with Crippen molar-refractivity contribution in [3.05, 3.63) is 29.8 Å². The Kier molecular flexibility index (Phi) is 3.54. The molecule has 0 heterocycles. The number of nitrogens with one attached hydrogen (secondary N) is 1. The second-order valence-electron chi connectivity index (χ2n) is 3.33. The van der Waals surface area contributed by atoms with Crippen molar-refractivity contribution in [2.75, 3.05) is 5.32 Å². The summed E-state index contributed by atoms with van der Waals surface area (Å²) in [5, 5.41) is 2.39. The molecule has 1 aromatic rings. The van der Waals surface area contributed by atoms with E-state index >= 15 is 0 Å². The van der Waals surface area contributed by atoms with E-state index in [1.807, 2.05) is 0 Å². The summed E-state index contributed by atoms with van der Waals surface area (Å²) >= 11 is 0. The van der Waals surface area contributed by atoms with E-state index in [0.717, 1.165) is 0 Å². The van der Waals surface area contributed by atoms with Gasteiger partial charge in [0, 0.05) is 12.6 Å². The van der Waals surface area contributed by atoms with Gasteiger partial charge in [-0.3, -0.25) is 4.79 Å². The number of hydrogen-bond donors (Lipinski definition) is 2. The average Bonchev–Trinajstić information content (AvgIpc) is 2.14. The summed E-state index contributed by atoms with van der Waals surface area (Å²) < 4.78 is 37.0. The molecular weight excluding hydrogens is 221 g/mol. The molecule has 6 heteroatoms. The van der Waals surface area contributed by atoms with E-state index in [0.29, 0.717) is 5.69 Å². The number of nitrogens with two attached hydrogens (primary N) is 1. The van der Waals surface area contributed by atoms with Crippen LogP contribution in [0.5, 0.6) is 0 Å². The lowest BCUT2D eigenvalue weighted by molar-refractivity contribution is -0.149. The van der Waals surface area contributed by atoms with Crippen molar-refractivity contribution in [1.82, 2.24) is 0 Å². The maximum absolute atomic E-state index is 12.3. The molecule has 1 atom stereocenters. The lowest BCUT2D eigenvalue weighted by Crippen LogP contribution is -2.28. The summed E-state index contributed by atoms with van der Waals surface area (Å²) in [5.41, 5.74) is 5.25. The van der Waals surface area contributed by atoms with Crippen LogP contribution in [0.3, 0.4) is 0 Å². The highest BCUT2D eigenvalue weighted by Crippen LogP contribution is 2.31. The highest BCUT2D eigenvalue weighted by molar-refractivity contribution is 5.88. The Hall–Kier alpha value is -1.56. The Bertz CT molecular complexity index is 390. The monoisotopic (exact) mass is 232 g/mol. The Balaban J connectivity index is 2.94. The number of rotatable bonds is 2. The summed E-state index contributed by atoms with van der Waals surface area (Å²) in [6, 6.07) is 3.34. The second-order valence-corrected chi connectivity index (χ2v) is 3.33. The number of alkyl halides is 3. The zero-order valence-corrected chi connectivity index (χ0v) is 8.51. The van der Waals surface area contributed by atoms with E-state index < -0.39 is 12.2 Å². The molecule has 1 rings (SSSR count). The van der Waals surface area contributed by atoms with Crippen LogP contribution in [-0.4, -0.2) is 12.1 Å².